The average molecular weight is 271 g/mol. The van der Waals surface area contributed by atoms with E-state index in [4.69, 9.17) is 0 Å². The number of anilines is 2. The summed E-state index contributed by atoms with van der Waals surface area (Å²) in [5, 5.41) is 3.24. The lowest BCUT2D eigenvalue weighted by atomic mass is 10.1. The second-order valence-corrected chi connectivity index (χ2v) is 6.56. The van der Waals surface area contributed by atoms with Gasteiger partial charge in [0.25, 0.3) is 0 Å². The van der Waals surface area contributed by atoms with Crippen LogP contribution in [0.25, 0.3) is 0 Å². The Morgan fingerprint density at radius 3 is 2.56 bits per heavy atom. The van der Waals surface area contributed by atoms with Crippen LogP contribution in [0.15, 0.2) is 18.3 Å². The Labute approximate surface area is 109 Å². The Bertz CT molecular complexity index is 455. The van der Waals surface area contributed by atoms with Crippen molar-refractivity contribution in [1.29, 1.82) is 0 Å². The molecule has 0 aromatic carbocycles. The molecule has 0 spiro atoms. The minimum absolute atomic E-state index is 0.0447. The third-order valence-electron chi connectivity index (χ3n) is 2.45. The Morgan fingerprint density at radius 1 is 1.33 bits per heavy atom. The number of sulfonamides is 1. The number of pyridine rings is 1. The van der Waals surface area contributed by atoms with Gasteiger partial charge in [-0.2, -0.15) is 0 Å². The second-order valence-electron chi connectivity index (χ2n) is 4.55. The van der Waals surface area contributed by atoms with E-state index in [9.17, 15) is 8.42 Å². The van der Waals surface area contributed by atoms with Crippen LogP contribution in [0.4, 0.5) is 11.5 Å². The highest BCUT2D eigenvalue weighted by molar-refractivity contribution is 7.92. The Morgan fingerprint density at radius 2 is 2.06 bits per heavy atom. The maximum Gasteiger partial charge on any atom is 0.233 e. The van der Waals surface area contributed by atoms with Crippen molar-refractivity contribution in [2.45, 2.75) is 27.2 Å². The first-order valence-electron chi connectivity index (χ1n) is 6.13. The summed E-state index contributed by atoms with van der Waals surface area (Å²) < 4.78 is 25.1. The second kappa shape index (κ2) is 6.58. The minimum atomic E-state index is -3.25. The van der Waals surface area contributed by atoms with Gasteiger partial charge >= 0.3 is 0 Å². The van der Waals surface area contributed by atoms with Gasteiger partial charge < -0.3 is 5.32 Å². The van der Waals surface area contributed by atoms with Crippen LogP contribution in [-0.4, -0.2) is 25.7 Å². The number of aromatic nitrogens is 1. The van der Waals surface area contributed by atoms with Crippen molar-refractivity contribution in [3.8, 4) is 0 Å². The molecule has 0 unspecified atom stereocenters. The van der Waals surface area contributed by atoms with Crippen LogP contribution in [-0.2, 0) is 10.0 Å². The van der Waals surface area contributed by atoms with E-state index in [1.54, 1.807) is 19.2 Å². The van der Waals surface area contributed by atoms with Gasteiger partial charge in [0.05, 0.1) is 17.6 Å². The maximum atomic E-state index is 11.3. The van der Waals surface area contributed by atoms with Crippen molar-refractivity contribution in [1.82, 2.24) is 4.98 Å². The summed E-state index contributed by atoms with van der Waals surface area (Å²) in [7, 11) is -3.25. The van der Waals surface area contributed by atoms with Gasteiger partial charge in [-0.15, -0.1) is 0 Å². The van der Waals surface area contributed by atoms with Crippen LogP contribution in [0.3, 0.4) is 0 Å². The number of hydrogen-bond donors (Lipinski definition) is 2. The predicted octanol–water partition coefficient (Wildman–Crippen LogP) is 2.30. The summed E-state index contributed by atoms with van der Waals surface area (Å²) in [6.45, 7) is 6.81. The molecule has 0 saturated carbocycles. The highest BCUT2D eigenvalue weighted by atomic mass is 32.2. The number of nitrogens with one attached hydrogen (secondary N) is 2. The van der Waals surface area contributed by atoms with Crippen LogP contribution in [0, 0.1) is 5.92 Å². The van der Waals surface area contributed by atoms with Crippen LogP contribution in [0.1, 0.15) is 27.2 Å². The topological polar surface area (TPSA) is 71.1 Å². The summed E-state index contributed by atoms with van der Waals surface area (Å²) in [6, 6.07) is 3.48. The maximum absolute atomic E-state index is 11.3. The average Bonchev–Trinajstić information content (AvgIpc) is 2.31. The van der Waals surface area contributed by atoms with Gasteiger partial charge in [-0.3, -0.25) is 4.72 Å². The highest BCUT2D eigenvalue weighted by Gasteiger charge is 2.07. The largest absolute Gasteiger partial charge is 0.384 e. The lowest BCUT2D eigenvalue weighted by Gasteiger charge is -2.09. The number of nitrogens with zero attached hydrogens (tertiary/aromatic N) is 1. The fourth-order valence-corrected chi connectivity index (χ4v) is 1.88. The van der Waals surface area contributed by atoms with Crippen LogP contribution < -0.4 is 10.0 Å². The lowest BCUT2D eigenvalue weighted by Crippen LogP contribution is -2.15. The van der Waals surface area contributed by atoms with Gasteiger partial charge in [-0.1, -0.05) is 13.8 Å². The van der Waals surface area contributed by atoms with Crippen LogP contribution in [0.5, 0.6) is 0 Å². The standard InChI is InChI=1S/C12H21N3O2S/c1-4-18(16,17)15-12-6-5-11(9-14-12)13-8-7-10(2)3/h5-6,9-10,13H,4,7-8H2,1-3H3,(H,14,15). The van der Waals surface area contributed by atoms with Crippen LogP contribution >= 0.6 is 0 Å². The Balaban J connectivity index is 2.52. The summed E-state index contributed by atoms with van der Waals surface area (Å²) in [5.74, 6) is 1.05. The normalized spacial score (nSPS) is 11.6. The molecule has 0 aliphatic rings. The molecule has 18 heavy (non-hydrogen) atoms. The highest BCUT2D eigenvalue weighted by Crippen LogP contribution is 2.11. The zero-order chi connectivity index (χ0) is 13.6. The van der Waals surface area contributed by atoms with E-state index in [0.717, 1.165) is 18.7 Å². The molecule has 102 valence electrons. The summed E-state index contributed by atoms with van der Waals surface area (Å²) in [4.78, 5) is 4.06. The molecule has 0 radical (unpaired) electrons. The molecular formula is C12H21N3O2S. The lowest BCUT2D eigenvalue weighted by molar-refractivity contribution is 0.602. The fourth-order valence-electron chi connectivity index (χ4n) is 1.30. The van der Waals surface area contributed by atoms with Gasteiger partial charge in [0.2, 0.25) is 10.0 Å². The molecule has 2 N–H and O–H groups in total. The molecule has 0 fully saturated rings. The number of rotatable bonds is 7. The monoisotopic (exact) mass is 271 g/mol. The molecule has 1 aromatic rings. The first-order chi connectivity index (χ1) is 8.43. The van der Waals surface area contributed by atoms with E-state index in [1.165, 1.54) is 0 Å². The van der Waals surface area contributed by atoms with Crippen molar-refractivity contribution in [2.24, 2.45) is 5.92 Å². The fraction of sp³-hybridized carbons (Fsp3) is 0.583. The van der Waals surface area contributed by atoms with E-state index in [2.05, 4.69) is 28.9 Å². The van der Waals surface area contributed by atoms with Crippen molar-refractivity contribution >= 4 is 21.5 Å². The number of hydrogen-bond acceptors (Lipinski definition) is 4. The quantitative estimate of drug-likeness (QED) is 0.798. The van der Waals surface area contributed by atoms with Gasteiger partial charge in [-0.05, 0) is 31.4 Å². The molecule has 1 rings (SSSR count). The molecule has 1 aromatic heterocycles. The third kappa shape index (κ3) is 5.35. The van der Waals surface area contributed by atoms with Crippen molar-refractivity contribution in [2.75, 3.05) is 22.3 Å². The zero-order valence-electron chi connectivity index (χ0n) is 11.1. The van der Waals surface area contributed by atoms with Crippen molar-refractivity contribution in [3.05, 3.63) is 18.3 Å². The molecule has 1 heterocycles. The Kier molecular flexibility index (Phi) is 5.40. The summed E-state index contributed by atoms with van der Waals surface area (Å²) in [5.41, 5.74) is 0.898. The molecule has 0 atom stereocenters. The summed E-state index contributed by atoms with van der Waals surface area (Å²) >= 11 is 0. The predicted molar refractivity (Wildman–Crippen MR) is 75.3 cm³/mol. The van der Waals surface area contributed by atoms with Gasteiger partial charge in [0.1, 0.15) is 5.82 Å². The molecule has 0 aliphatic carbocycles. The van der Waals surface area contributed by atoms with E-state index < -0.39 is 10.0 Å². The first kappa shape index (κ1) is 14.8. The molecular weight excluding hydrogens is 250 g/mol. The zero-order valence-corrected chi connectivity index (χ0v) is 11.9. The molecule has 0 saturated heterocycles. The van der Waals surface area contributed by atoms with E-state index in [0.29, 0.717) is 11.7 Å². The summed E-state index contributed by atoms with van der Waals surface area (Å²) in [6.07, 6.45) is 2.72. The van der Waals surface area contributed by atoms with E-state index >= 15 is 0 Å². The van der Waals surface area contributed by atoms with Crippen LogP contribution in [0.2, 0.25) is 0 Å². The SMILES string of the molecule is CCS(=O)(=O)Nc1ccc(NCCC(C)C)cn1. The molecule has 0 bridgehead atoms. The molecule has 0 amide bonds. The van der Waals surface area contributed by atoms with Gasteiger partial charge in [-0.25, -0.2) is 13.4 Å². The van der Waals surface area contributed by atoms with E-state index in [1.807, 2.05) is 6.07 Å². The first-order valence-corrected chi connectivity index (χ1v) is 7.78. The Hall–Kier alpha value is -1.30. The van der Waals surface area contributed by atoms with Gasteiger partial charge in [0.15, 0.2) is 0 Å². The molecule has 5 nitrogen and oxygen atoms in total. The smallest absolute Gasteiger partial charge is 0.233 e. The minimum Gasteiger partial charge on any atom is -0.384 e. The molecule has 0 aliphatic heterocycles. The van der Waals surface area contributed by atoms with E-state index in [-0.39, 0.29) is 5.75 Å². The van der Waals surface area contributed by atoms with Crippen molar-refractivity contribution in [3.63, 3.8) is 0 Å². The molecule has 6 heteroatoms. The third-order valence-corrected chi connectivity index (χ3v) is 3.73. The van der Waals surface area contributed by atoms with Gasteiger partial charge in [0, 0.05) is 6.54 Å². The van der Waals surface area contributed by atoms with Crippen molar-refractivity contribution < 1.29 is 8.42 Å².